The van der Waals surface area contributed by atoms with Crippen LogP contribution in [0.4, 0.5) is 16.0 Å². The molecule has 1 N–H and O–H groups in total. The van der Waals surface area contributed by atoms with Crippen LogP contribution >= 0.6 is 27.5 Å². The van der Waals surface area contributed by atoms with Gasteiger partial charge in [0.25, 0.3) is 0 Å². The maximum absolute atomic E-state index is 13.0. The van der Waals surface area contributed by atoms with Gasteiger partial charge in [-0.05, 0) is 34.1 Å². The van der Waals surface area contributed by atoms with Crippen LogP contribution in [-0.4, -0.2) is 9.97 Å². The number of hydrogen-bond acceptors (Lipinski definition) is 3. The van der Waals surface area contributed by atoms with Crippen LogP contribution in [0.15, 0.2) is 35.1 Å². The van der Waals surface area contributed by atoms with Gasteiger partial charge in [0.15, 0.2) is 0 Å². The number of hydrogen-bond donors (Lipinski definition) is 1. The molecule has 0 spiro atoms. The first-order chi connectivity index (χ1) is 7.63. The number of rotatable bonds is 2. The molecular weight excluding hydrogens is 296 g/mol. The van der Waals surface area contributed by atoms with Crippen LogP contribution in [0.2, 0.25) is 5.02 Å². The Hall–Kier alpha value is -1.20. The van der Waals surface area contributed by atoms with Gasteiger partial charge in [0.1, 0.15) is 5.82 Å². The molecule has 2 rings (SSSR count). The van der Waals surface area contributed by atoms with E-state index in [2.05, 4.69) is 31.2 Å². The van der Waals surface area contributed by atoms with Crippen LogP contribution < -0.4 is 5.32 Å². The summed E-state index contributed by atoms with van der Waals surface area (Å²) in [5, 5.41) is 3.16. The monoisotopic (exact) mass is 301 g/mol. The van der Waals surface area contributed by atoms with E-state index < -0.39 is 5.82 Å². The van der Waals surface area contributed by atoms with E-state index in [1.54, 1.807) is 18.5 Å². The lowest BCUT2D eigenvalue weighted by Gasteiger charge is -2.04. The van der Waals surface area contributed by atoms with Crippen molar-refractivity contribution in [2.75, 3.05) is 5.32 Å². The van der Waals surface area contributed by atoms with Gasteiger partial charge in [0, 0.05) is 23.1 Å². The van der Waals surface area contributed by atoms with Crippen LogP contribution in [0.5, 0.6) is 0 Å². The Morgan fingerprint density at radius 3 is 2.50 bits per heavy atom. The summed E-state index contributed by atoms with van der Waals surface area (Å²) in [4.78, 5) is 8.00. The molecule has 0 saturated heterocycles. The lowest BCUT2D eigenvalue weighted by molar-refractivity contribution is 0.628. The van der Waals surface area contributed by atoms with E-state index in [9.17, 15) is 4.39 Å². The lowest BCUT2D eigenvalue weighted by atomic mass is 10.3. The highest BCUT2D eigenvalue weighted by atomic mass is 79.9. The quantitative estimate of drug-likeness (QED) is 0.917. The molecule has 2 aromatic rings. The first kappa shape index (κ1) is 11.3. The minimum Gasteiger partial charge on any atom is -0.324 e. The fraction of sp³-hybridized carbons (Fsp3) is 0. The Morgan fingerprint density at radius 2 is 1.88 bits per heavy atom. The molecule has 0 amide bonds. The maximum Gasteiger partial charge on any atom is 0.227 e. The summed E-state index contributed by atoms with van der Waals surface area (Å²) in [6, 6.07) is 4.14. The van der Waals surface area contributed by atoms with E-state index in [4.69, 9.17) is 11.6 Å². The molecule has 82 valence electrons. The lowest BCUT2D eigenvalue weighted by Crippen LogP contribution is -1.96. The molecule has 0 aliphatic rings. The highest BCUT2D eigenvalue weighted by molar-refractivity contribution is 9.10. The summed E-state index contributed by atoms with van der Waals surface area (Å²) in [6.07, 6.45) is 3.19. The van der Waals surface area contributed by atoms with Crippen LogP contribution in [0.1, 0.15) is 0 Å². The van der Waals surface area contributed by atoms with Crippen LogP contribution in [-0.2, 0) is 0 Å². The number of benzene rings is 1. The van der Waals surface area contributed by atoms with Crippen LogP contribution in [0, 0.1) is 5.82 Å². The van der Waals surface area contributed by atoms with Crippen molar-refractivity contribution >= 4 is 39.2 Å². The van der Waals surface area contributed by atoms with Crippen molar-refractivity contribution in [2.24, 2.45) is 0 Å². The third-order valence-corrected chi connectivity index (χ3v) is 2.37. The molecule has 0 unspecified atom stereocenters. The first-order valence-corrected chi connectivity index (χ1v) is 5.51. The van der Waals surface area contributed by atoms with Gasteiger partial charge in [0.2, 0.25) is 5.95 Å². The number of nitrogens with one attached hydrogen (secondary N) is 1. The molecule has 16 heavy (non-hydrogen) atoms. The molecule has 0 aliphatic carbocycles. The Morgan fingerprint density at radius 1 is 1.19 bits per heavy atom. The first-order valence-electron chi connectivity index (χ1n) is 4.34. The predicted molar refractivity (Wildman–Crippen MR) is 64.4 cm³/mol. The zero-order valence-electron chi connectivity index (χ0n) is 7.92. The van der Waals surface area contributed by atoms with Gasteiger partial charge >= 0.3 is 0 Å². The zero-order valence-corrected chi connectivity index (χ0v) is 10.3. The van der Waals surface area contributed by atoms with Crippen molar-refractivity contribution in [3.63, 3.8) is 0 Å². The zero-order chi connectivity index (χ0) is 11.5. The highest BCUT2D eigenvalue weighted by Crippen LogP contribution is 2.20. The van der Waals surface area contributed by atoms with Crippen molar-refractivity contribution in [1.82, 2.24) is 9.97 Å². The van der Waals surface area contributed by atoms with Gasteiger partial charge < -0.3 is 5.32 Å². The average Bonchev–Trinajstić information content (AvgIpc) is 2.20. The molecule has 0 fully saturated rings. The second-order valence-corrected chi connectivity index (χ2v) is 4.36. The van der Waals surface area contributed by atoms with E-state index in [-0.39, 0.29) is 0 Å². The van der Waals surface area contributed by atoms with E-state index in [1.165, 1.54) is 12.1 Å². The molecule has 0 aliphatic heterocycles. The van der Waals surface area contributed by atoms with Crippen LogP contribution in [0.25, 0.3) is 0 Å². The Balaban J connectivity index is 2.23. The number of halogens is 3. The predicted octanol–water partition coefficient (Wildman–Crippen LogP) is 3.78. The van der Waals surface area contributed by atoms with Gasteiger partial charge in [-0.1, -0.05) is 11.6 Å². The van der Waals surface area contributed by atoms with Crippen molar-refractivity contribution in [3.05, 3.63) is 45.9 Å². The smallest absolute Gasteiger partial charge is 0.227 e. The second-order valence-electron chi connectivity index (χ2n) is 3.01. The van der Waals surface area contributed by atoms with Crippen molar-refractivity contribution < 1.29 is 4.39 Å². The number of aromatic nitrogens is 2. The van der Waals surface area contributed by atoms with Crippen LogP contribution in [0.3, 0.4) is 0 Å². The molecule has 6 heteroatoms. The largest absolute Gasteiger partial charge is 0.324 e. The molecule has 0 radical (unpaired) electrons. The van der Waals surface area contributed by atoms with Crippen molar-refractivity contribution in [1.29, 1.82) is 0 Å². The molecule has 1 aromatic heterocycles. The standard InChI is InChI=1S/C10H6BrClFN3/c11-6-4-14-10(15-5-6)16-9-2-7(12)1-8(13)3-9/h1-5H,(H,14,15,16). The number of nitrogens with zero attached hydrogens (tertiary/aromatic N) is 2. The fourth-order valence-electron chi connectivity index (χ4n) is 1.13. The van der Waals surface area contributed by atoms with Gasteiger partial charge in [0.05, 0.1) is 4.47 Å². The van der Waals surface area contributed by atoms with E-state index in [1.807, 2.05) is 0 Å². The SMILES string of the molecule is Fc1cc(Cl)cc(Nc2ncc(Br)cn2)c1. The molecular formula is C10H6BrClFN3. The Labute approximate surface area is 105 Å². The normalized spacial score (nSPS) is 10.2. The van der Waals surface area contributed by atoms with Gasteiger partial charge in [-0.3, -0.25) is 0 Å². The van der Waals surface area contributed by atoms with E-state index in [0.29, 0.717) is 16.7 Å². The molecule has 1 aromatic carbocycles. The maximum atomic E-state index is 13.0. The van der Waals surface area contributed by atoms with Crippen molar-refractivity contribution in [2.45, 2.75) is 0 Å². The molecule has 3 nitrogen and oxygen atoms in total. The summed E-state index contributed by atoms with van der Waals surface area (Å²) in [7, 11) is 0. The summed E-state index contributed by atoms with van der Waals surface area (Å²) in [5.41, 5.74) is 0.507. The summed E-state index contributed by atoms with van der Waals surface area (Å²) >= 11 is 8.93. The summed E-state index contributed by atoms with van der Waals surface area (Å²) in [6.45, 7) is 0. The van der Waals surface area contributed by atoms with Gasteiger partial charge in [-0.25, -0.2) is 14.4 Å². The van der Waals surface area contributed by atoms with E-state index >= 15 is 0 Å². The third-order valence-electron chi connectivity index (χ3n) is 1.74. The molecule has 0 atom stereocenters. The Bertz CT molecular complexity index is 484. The minimum absolute atomic E-state index is 0.319. The third kappa shape index (κ3) is 2.90. The fourth-order valence-corrected chi connectivity index (χ4v) is 1.56. The van der Waals surface area contributed by atoms with Gasteiger partial charge in [-0.2, -0.15) is 0 Å². The average molecular weight is 303 g/mol. The van der Waals surface area contributed by atoms with Gasteiger partial charge in [-0.15, -0.1) is 0 Å². The molecule has 0 bridgehead atoms. The summed E-state index contributed by atoms with van der Waals surface area (Å²) < 4.78 is 13.8. The second kappa shape index (κ2) is 4.76. The summed E-state index contributed by atoms with van der Waals surface area (Å²) in [5.74, 6) is -0.0306. The molecule has 1 heterocycles. The number of anilines is 2. The molecule has 0 saturated carbocycles. The highest BCUT2D eigenvalue weighted by Gasteiger charge is 2.01. The van der Waals surface area contributed by atoms with E-state index in [0.717, 1.165) is 4.47 Å². The minimum atomic E-state index is -0.410. The van der Waals surface area contributed by atoms with Crippen molar-refractivity contribution in [3.8, 4) is 0 Å². The topological polar surface area (TPSA) is 37.8 Å². The Kier molecular flexibility index (Phi) is 3.36.